The molecule has 0 aliphatic carbocycles. The maximum Gasteiger partial charge on any atom is 0.322 e. The Kier molecular flexibility index (Phi) is 6.47. The zero-order valence-electron chi connectivity index (χ0n) is 15.6. The van der Waals surface area contributed by atoms with Crippen molar-refractivity contribution in [3.63, 3.8) is 0 Å². The predicted molar refractivity (Wildman–Crippen MR) is 106 cm³/mol. The van der Waals surface area contributed by atoms with Crippen LogP contribution >= 0.6 is 23.2 Å². The number of likely N-dealkylation sites (tertiary alicyclic amines) is 1. The standard InChI is InChI=1S/C19H23Cl2N3O4/c1-28-16-11-14(21)13(20)10-12(16)15(25)4-2-3-7-24-8-5-19(6-9-24)17(26)22-18(27)23-19/h10-11H,2-9H2,1H3,(H2,22,23,26,27). The fraction of sp³-hybridized carbons (Fsp3) is 0.526. The van der Waals surface area contributed by atoms with Crippen molar-refractivity contribution in [2.45, 2.75) is 37.6 Å². The lowest BCUT2D eigenvalue weighted by atomic mass is 9.87. The predicted octanol–water partition coefficient (Wildman–Crippen LogP) is 3.03. The lowest BCUT2D eigenvalue weighted by Crippen LogP contribution is -2.54. The van der Waals surface area contributed by atoms with Crippen LogP contribution in [0.15, 0.2) is 12.1 Å². The molecular weight excluding hydrogens is 405 g/mol. The second-order valence-corrected chi connectivity index (χ2v) is 7.99. The summed E-state index contributed by atoms with van der Waals surface area (Å²) < 4.78 is 5.23. The van der Waals surface area contributed by atoms with Gasteiger partial charge < -0.3 is 15.0 Å². The first-order valence-electron chi connectivity index (χ1n) is 9.27. The zero-order chi connectivity index (χ0) is 20.3. The number of methoxy groups -OCH3 is 1. The van der Waals surface area contributed by atoms with Gasteiger partial charge in [-0.15, -0.1) is 0 Å². The normalized spacial score (nSPS) is 18.8. The van der Waals surface area contributed by atoms with E-state index < -0.39 is 11.6 Å². The third kappa shape index (κ3) is 4.42. The molecule has 2 fully saturated rings. The molecule has 1 aromatic carbocycles. The first-order valence-corrected chi connectivity index (χ1v) is 10.0. The maximum atomic E-state index is 12.5. The van der Waals surface area contributed by atoms with Crippen molar-refractivity contribution in [3.8, 4) is 5.75 Å². The Bertz CT molecular complexity index is 792. The Balaban J connectivity index is 1.43. The third-order valence-corrected chi connectivity index (χ3v) is 6.12. The number of benzene rings is 1. The highest BCUT2D eigenvalue weighted by Gasteiger charge is 2.47. The van der Waals surface area contributed by atoms with E-state index in [1.807, 2.05) is 0 Å². The summed E-state index contributed by atoms with van der Waals surface area (Å²) in [6.45, 7) is 2.32. The minimum absolute atomic E-state index is 0.0293. The van der Waals surface area contributed by atoms with Gasteiger partial charge >= 0.3 is 6.03 Å². The number of carbonyl (C=O) groups excluding carboxylic acids is 3. The number of ether oxygens (including phenoxy) is 1. The van der Waals surface area contributed by atoms with Crippen molar-refractivity contribution in [3.05, 3.63) is 27.7 Å². The number of halogens is 2. The second kappa shape index (κ2) is 8.68. The van der Waals surface area contributed by atoms with Crippen LogP contribution in [0.5, 0.6) is 5.75 Å². The summed E-state index contributed by atoms with van der Waals surface area (Å²) >= 11 is 12.0. The molecule has 0 saturated carbocycles. The number of hydrogen-bond acceptors (Lipinski definition) is 5. The number of nitrogens with zero attached hydrogens (tertiary/aromatic N) is 1. The lowest BCUT2D eigenvalue weighted by molar-refractivity contribution is -0.125. The molecule has 2 aliphatic rings. The van der Waals surface area contributed by atoms with E-state index in [2.05, 4.69) is 15.5 Å². The SMILES string of the molecule is COc1cc(Cl)c(Cl)cc1C(=O)CCCCN1CCC2(CC1)NC(=O)NC2=O. The molecular formula is C19H23Cl2N3O4. The molecule has 1 aromatic rings. The van der Waals surface area contributed by atoms with Crippen molar-refractivity contribution >= 4 is 40.9 Å². The van der Waals surface area contributed by atoms with Gasteiger partial charge in [-0.2, -0.15) is 0 Å². The molecule has 2 saturated heterocycles. The summed E-state index contributed by atoms with van der Waals surface area (Å²) in [6, 6.07) is 2.70. The van der Waals surface area contributed by atoms with Gasteiger partial charge in [0.2, 0.25) is 0 Å². The molecule has 3 amide bonds. The van der Waals surface area contributed by atoms with E-state index in [4.69, 9.17) is 27.9 Å². The second-order valence-electron chi connectivity index (χ2n) is 7.18. The molecule has 0 bridgehead atoms. The highest BCUT2D eigenvalue weighted by molar-refractivity contribution is 6.42. The average molecular weight is 428 g/mol. The van der Waals surface area contributed by atoms with Gasteiger partial charge in [-0.25, -0.2) is 4.79 Å². The van der Waals surface area contributed by atoms with Gasteiger partial charge in [-0.3, -0.25) is 14.9 Å². The summed E-state index contributed by atoms with van der Waals surface area (Å²) in [6.07, 6.45) is 3.19. The Labute approximate surface area is 173 Å². The molecule has 28 heavy (non-hydrogen) atoms. The number of urea groups is 1. The Hall–Kier alpha value is -1.83. The van der Waals surface area contributed by atoms with Crippen LogP contribution in [0, 0.1) is 0 Å². The molecule has 1 spiro atoms. The molecule has 152 valence electrons. The van der Waals surface area contributed by atoms with Crippen molar-refractivity contribution in [1.29, 1.82) is 0 Å². The Morgan fingerprint density at radius 2 is 1.86 bits per heavy atom. The van der Waals surface area contributed by atoms with Gasteiger partial charge in [0.25, 0.3) is 5.91 Å². The number of nitrogens with one attached hydrogen (secondary N) is 2. The quantitative estimate of drug-likeness (QED) is 0.396. The molecule has 2 heterocycles. The van der Waals surface area contributed by atoms with Gasteiger partial charge in [0.1, 0.15) is 11.3 Å². The van der Waals surface area contributed by atoms with Crippen LogP contribution in [-0.4, -0.2) is 54.9 Å². The van der Waals surface area contributed by atoms with Crippen molar-refractivity contribution in [2.75, 3.05) is 26.7 Å². The van der Waals surface area contributed by atoms with E-state index in [0.717, 1.165) is 32.5 Å². The van der Waals surface area contributed by atoms with E-state index in [9.17, 15) is 14.4 Å². The number of Topliss-reactive ketones (excluding diaryl/α,β-unsaturated/α-hetero) is 1. The fourth-order valence-electron chi connectivity index (χ4n) is 3.71. The lowest BCUT2D eigenvalue weighted by Gasteiger charge is -2.36. The van der Waals surface area contributed by atoms with Gasteiger partial charge in [0.15, 0.2) is 5.78 Å². The zero-order valence-corrected chi connectivity index (χ0v) is 17.2. The topological polar surface area (TPSA) is 87.7 Å². The monoisotopic (exact) mass is 427 g/mol. The number of carbonyl (C=O) groups is 3. The van der Waals surface area contributed by atoms with Crippen LogP contribution in [0.4, 0.5) is 4.79 Å². The number of hydrogen-bond donors (Lipinski definition) is 2. The first kappa shape index (κ1) is 20.9. The summed E-state index contributed by atoms with van der Waals surface area (Å²) in [7, 11) is 1.49. The molecule has 2 N–H and O–H groups in total. The minimum atomic E-state index is -0.742. The van der Waals surface area contributed by atoms with Crippen LogP contribution in [0.1, 0.15) is 42.5 Å². The smallest absolute Gasteiger partial charge is 0.322 e. The van der Waals surface area contributed by atoms with Gasteiger partial charge in [0.05, 0.1) is 22.7 Å². The van der Waals surface area contributed by atoms with Crippen LogP contribution < -0.4 is 15.4 Å². The average Bonchev–Trinajstić information content (AvgIpc) is 2.94. The van der Waals surface area contributed by atoms with Crippen molar-refractivity contribution < 1.29 is 19.1 Å². The van der Waals surface area contributed by atoms with E-state index in [1.165, 1.54) is 7.11 Å². The molecule has 7 nitrogen and oxygen atoms in total. The van der Waals surface area contributed by atoms with Crippen LogP contribution in [0.2, 0.25) is 10.0 Å². The molecule has 0 aromatic heterocycles. The van der Waals surface area contributed by atoms with E-state index >= 15 is 0 Å². The number of rotatable bonds is 7. The van der Waals surface area contributed by atoms with Crippen molar-refractivity contribution in [1.82, 2.24) is 15.5 Å². The minimum Gasteiger partial charge on any atom is -0.496 e. The fourth-order valence-corrected chi connectivity index (χ4v) is 4.03. The van der Waals surface area contributed by atoms with Gasteiger partial charge in [-0.05, 0) is 38.3 Å². The van der Waals surface area contributed by atoms with Gasteiger partial charge in [0, 0.05) is 25.6 Å². The van der Waals surface area contributed by atoms with Crippen LogP contribution in [-0.2, 0) is 4.79 Å². The van der Waals surface area contributed by atoms with Crippen LogP contribution in [0.25, 0.3) is 0 Å². The molecule has 0 atom stereocenters. The highest BCUT2D eigenvalue weighted by atomic mass is 35.5. The van der Waals surface area contributed by atoms with Gasteiger partial charge in [-0.1, -0.05) is 23.2 Å². The molecule has 0 radical (unpaired) electrons. The molecule has 2 aliphatic heterocycles. The summed E-state index contributed by atoms with van der Waals surface area (Å²) in [5, 5.41) is 5.75. The summed E-state index contributed by atoms with van der Waals surface area (Å²) in [4.78, 5) is 38.1. The highest BCUT2D eigenvalue weighted by Crippen LogP contribution is 2.31. The first-order chi connectivity index (χ1) is 13.3. The number of imide groups is 1. The number of piperidine rings is 1. The van der Waals surface area contributed by atoms with E-state index in [1.54, 1.807) is 12.1 Å². The van der Waals surface area contributed by atoms with E-state index in [0.29, 0.717) is 40.6 Å². The molecule has 0 unspecified atom stereocenters. The number of unbranched alkanes of at least 4 members (excludes halogenated alkanes) is 1. The largest absolute Gasteiger partial charge is 0.496 e. The van der Waals surface area contributed by atoms with Crippen molar-refractivity contribution in [2.24, 2.45) is 0 Å². The van der Waals surface area contributed by atoms with Crippen LogP contribution in [0.3, 0.4) is 0 Å². The molecule has 3 rings (SSSR count). The number of amides is 3. The van der Waals surface area contributed by atoms with E-state index in [-0.39, 0.29) is 11.7 Å². The Morgan fingerprint density at radius 3 is 2.46 bits per heavy atom. The summed E-state index contributed by atoms with van der Waals surface area (Å²) in [5.74, 6) is 0.175. The summed E-state index contributed by atoms with van der Waals surface area (Å²) in [5.41, 5.74) is -0.298. The third-order valence-electron chi connectivity index (χ3n) is 5.40. The molecule has 9 heteroatoms. The maximum absolute atomic E-state index is 12.5. The Morgan fingerprint density at radius 1 is 1.18 bits per heavy atom. The number of ketones is 1.